The van der Waals surface area contributed by atoms with Crippen molar-refractivity contribution in [2.45, 2.75) is 19.4 Å². The van der Waals surface area contributed by atoms with Gasteiger partial charge in [0.1, 0.15) is 12.1 Å². The smallest absolute Gasteiger partial charge is 0.326 e. The molecular weight excluding hydrogens is 344 g/mol. The van der Waals surface area contributed by atoms with E-state index in [2.05, 4.69) is 4.74 Å². The number of hydrogen-bond acceptors (Lipinski definition) is 6. The van der Waals surface area contributed by atoms with Crippen LogP contribution in [0.2, 0.25) is 0 Å². The summed E-state index contributed by atoms with van der Waals surface area (Å²) in [6, 6.07) is 6.54. The Morgan fingerprint density at radius 1 is 1.20 bits per heavy atom. The fourth-order valence-corrected chi connectivity index (χ4v) is 4.61. The lowest BCUT2D eigenvalue weighted by molar-refractivity contribution is -0.146. The summed E-state index contributed by atoms with van der Waals surface area (Å²) in [6.45, 7) is 3.37. The molecule has 8 heteroatoms. The number of carbonyl (C=O) groups is 4. The van der Waals surface area contributed by atoms with Gasteiger partial charge in [-0.3, -0.25) is 28.4 Å². The van der Waals surface area contributed by atoms with Crippen LogP contribution in [-0.4, -0.2) is 57.8 Å². The highest BCUT2D eigenvalue weighted by atomic mass is 32.2. The van der Waals surface area contributed by atoms with Crippen LogP contribution in [0.25, 0.3) is 0 Å². The Morgan fingerprint density at radius 2 is 1.76 bits per heavy atom. The van der Waals surface area contributed by atoms with Crippen LogP contribution in [0.15, 0.2) is 24.3 Å². The zero-order valence-electron chi connectivity index (χ0n) is 14.1. The summed E-state index contributed by atoms with van der Waals surface area (Å²) in [5, 5.41) is 0. The Hall–Kier alpha value is -2.35. The molecule has 1 saturated heterocycles. The molecule has 3 amide bonds. The molecule has 2 heterocycles. The Bertz CT molecular complexity index is 743. The molecule has 1 atom stereocenters. The maximum atomic E-state index is 13.1. The maximum Gasteiger partial charge on any atom is 0.326 e. The summed E-state index contributed by atoms with van der Waals surface area (Å²) in [4.78, 5) is 51.5. The lowest BCUT2D eigenvalue weighted by atomic mass is 9.85. The quantitative estimate of drug-likeness (QED) is 0.457. The molecule has 3 rings (SSSR count). The highest BCUT2D eigenvalue weighted by molar-refractivity contribution is 7.98. The number of rotatable bonds is 4. The van der Waals surface area contributed by atoms with E-state index in [-0.39, 0.29) is 18.2 Å². The number of amides is 3. The molecule has 0 spiro atoms. The molecule has 0 unspecified atom stereocenters. The van der Waals surface area contributed by atoms with Gasteiger partial charge >= 0.3 is 5.97 Å². The second-order valence-corrected chi connectivity index (χ2v) is 7.25. The monoisotopic (exact) mass is 362 g/mol. The van der Waals surface area contributed by atoms with E-state index in [4.69, 9.17) is 0 Å². The van der Waals surface area contributed by atoms with Gasteiger partial charge in [-0.15, -0.1) is 0 Å². The molecule has 2 aliphatic rings. The van der Waals surface area contributed by atoms with E-state index in [0.717, 1.165) is 16.8 Å². The average Bonchev–Trinajstić information content (AvgIpc) is 3.05. The van der Waals surface area contributed by atoms with E-state index in [1.165, 1.54) is 11.4 Å². The Morgan fingerprint density at radius 3 is 2.24 bits per heavy atom. The van der Waals surface area contributed by atoms with Crippen molar-refractivity contribution in [1.29, 1.82) is 0 Å². The van der Waals surface area contributed by atoms with Gasteiger partial charge in [0.25, 0.3) is 17.7 Å². The number of methoxy groups -OCH3 is 1. The van der Waals surface area contributed by atoms with Gasteiger partial charge in [-0.1, -0.05) is 26.0 Å². The normalized spacial score (nSPS) is 22.8. The fourth-order valence-electron chi connectivity index (χ4n) is 3.20. The zero-order valence-corrected chi connectivity index (χ0v) is 15.0. The van der Waals surface area contributed by atoms with Gasteiger partial charge in [-0.25, -0.2) is 0 Å². The van der Waals surface area contributed by atoms with E-state index < -0.39 is 29.2 Å². The fraction of sp³-hybridized carbons (Fsp3) is 0.412. The van der Waals surface area contributed by atoms with E-state index in [0.29, 0.717) is 11.1 Å². The minimum atomic E-state index is -1.31. The number of benzene rings is 1. The van der Waals surface area contributed by atoms with E-state index in [9.17, 15) is 19.2 Å². The number of imide groups is 1. The van der Waals surface area contributed by atoms with Gasteiger partial charge in [0.05, 0.1) is 18.2 Å². The number of carbonyl (C=O) groups excluding carboxylic acids is 4. The largest absolute Gasteiger partial charge is 0.468 e. The maximum absolute atomic E-state index is 13.1. The average molecular weight is 362 g/mol. The predicted molar refractivity (Wildman–Crippen MR) is 90.7 cm³/mol. The second kappa shape index (κ2) is 6.18. The summed E-state index contributed by atoms with van der Waals surface area (Å²) >= 11 is 1.14. The lowest BCUT2D eigenvalue weighted by Gasteiger charge is -2.37. The minimum Gasteiger partial charge on any atom is -0.468 e. The van der Waals surface area contributed by atoms with Crippen molar-refractivity contribution in [2.24, 2.45) is 5.92 Å². The molecule has 0 bridgehead atoms. The van der Waals surface area contributed by atoms with Gasteiger partial charge in [-0.05, 0) is 30.0 Å². The molecule has 0 aliphatic carbocycles. The Balaban J connectivity index is 2.01. The third kappa shape index (κ3) is 2.43. The first-order valence-electron chi connectivity index (χ1n) is 7.84. The lowest BCUT2D eigenvalue weighted by Crippen LogP contribution is -2.61. The standard InChI is InChI=1S/C17H18N2O5S/c1-10(2)17(9-25-18(16(17)23)8-13(20)24-3)19-14(21)11-6-4-5-7-12(11)15(19)22/h4-7,10H,8-9H2,1-3H3/t17-/m0/s1. The summed E-state index contributed by atoms with van der Waals surface area (Å²) in [5.41, 5.74) is -0.709. The molecule has 0 saturated carbocycles. The molecular formula is C17H18N2O5S. The van der Waals surface area contributed by atoms with Gasteiger partial charge in [-0.2, -0.15) is 0 Å². The van der Waals surface area contributed by atoms with Crippen LogP contribution in [0.5, 0.6) is 0 Å². The topological polar surface area (TPSA) is 84.0 Å². The number of nitrogens with zero attached hydrogens (tertiary/aromatic N) is 2. The predicted octanol–water partition coefficient (Wildman–Crippen LogP) is 1.34. The van der Waals surface area contributed by atoms with Gasteiger partial charge < -0.3 is 4.74 Å². The van der Waals surface area contributed by atoms with Crippen molar-refractivity contribution in [1.82, 2.24) is 9.21 Å². The van der Waals surface area contributed by atoms with E-state index in [1.807, 2.05) is 0 Å². The molecule has 132 valence electrons. The van der Waals surface area contributed by atoms with Crippen LogP contribution in [0, 0.1) is 5.92 Å². The van der Waals surface area contributed by atoms with Crippen LogP contribution >= 0.6 is 11.9 Å². The van der Waals surface area contributed by atoms with Crippen molar-refractivity contribution >= 4 is 35.6 Å². The van der Waals surface area contributed by atoms with Gasteiger partial charge in [0.15, 0.2) is 0 Å². The molecule has 1 aromatic rings. The second-order valence-electron chi connectivity index (χ2n) is 6.26. The Labute approximate surface area is 149 Å². The van der Waals surface area contributed by atoms with Crippen molar-refractivity contribution in [2.75, 3.05) is 19.4 Å². The summed E-state index contributed by atoms with van der Waals surface area (Å²) in [7, 11) is 1.24. The van der Waals surface area contributed by atoms with Crippen molar-refractivity contribution in [3.63, 3.8) is 0 Å². The third-order valence-corrected chi connectivity index (χ3v) is 5.86. The highest BCUT2D eigenvalue weighted by Crippen LogP contribution is 2.43. The van der Waals surface area contributed by atoms with Crippen LogP contribution in [0.3, 0.4) is 0 Å². The SMILES string of the molecule is COC(=O)CN1SC[C@@](C(C)C)(N2C(=O)c3ccccc3C2=O)C1=O. The number of ether oxygens (including phenoxy) is 1. The van der Waals surface area contributed by atoms with Crippen molar-refractivity contribution in [3.8, 4) is 0 Å². The minimum absolute atomic E-state index is 0.214. The third-order valence-electron chi connectivity index (χ3n) is 4.69. The first kappa shape index (κ1) is 17.5. The molecule has 0 aromatic heterocycles. The van der Waals surface area contributed by atoms with Crippen LogP contribution in [0.4, 0.5) is 0 Å². The molecule has 1 aromatic carbocycles. The first-order valence-corrected chi connectivity index (χ1v) is 8.78. The van der Waals surface area contributed by atoms with Gasteiger partial charge in [0.2, 0.25) is 0 Å². The van der Waals surface area contributed by atoms with Crippen LogP contribution in [-0.2, 0) is 14.3 Å². The molecule has 0 N–H and O–H groups in total. The molecule has 2 aliphatic heterocycles. The van der Waals surface area contributed by atoms with Crippen LogP contribution < -0.4 is 0 Å². The summed E-state index contributed by atoms with van der Waals surface area (Å²) in [6.07, 6.45) is 0. The summed E-state index contributed by atoms with van der Waals surface area (Å²) < 4.78 is 5.89. The van der Waals surface area contributed by atoms with Crippen molar-refractivity contribution in [3.05, 3.63) is 35.4 Å². The molecule has 25 heavy (non-hydrogen) atoms. The number of fused-ring (bicyclic) bond motifs is 1. The highest BCUT2D eigenvalue weighted by Gasteiger charge is 2.60. The van der Waals surface area contributed by atoms with Crippen molar-refractivity contribution < 1.29 is 23.9 Å². The van der Waals surface area contributed by atoms with Crippen LogP contribution in [0.1, 0.15) is 34.6 Å². The molecule has 1 fully saturated rings. The number of hydrogen-bond donors (Lipinski definition) is 0. The van der Waals surface area contributed by atoms with E-state index >= 15 is 0 Å². The van der Waals surface area contributed by atoms with E-state index in [1.54, 1.807) is 38.1 Å². The number of esters is 1. The Kier molecular flexibility index (Phi) is 4.32. The first-order chi connectivity index (χ1) is 11.8. The van der Waals surface area contributed by atoms with Gasteiger partial charge in [0, 0.05) is 5.75 Å². The molecule has 0 radical (unpaired) electrons. The zero-order chi connectivity index (χ0) is 18.4. The summed E-state index contributed by atoms with van der Waals surface area (Å²) in [5.74, 6) is -2.01. The molecule has 7 nitrogen and oxygen atoms in total.